The molecule has 4 nitrogen and oxygen atoms in total. The zero-order valence-corrected chi connectivity index (χ0v) is 8.88. The third-order valence-electron chi connectivity index (χ3n) is 1.58. The van der Waals surface area contributed by atoms with Gasteiger partial charge in [-0.25, -0.2) is 0 Å². The molecule has 0 saturated carbocycles. The zero-order valence-electron chi connectivity index (χ0n) is 8.06. The second-order valence-electron chi connectivity index (χ2n) is 2.53. The Hall–Kier alpha value is -1.98. The topological polar surface area (TPSA) is 72.0 Å². The molecule has 0 aliphatic rings. The number of hydrogen-bond acceptors (Lipinski definition) is 5. The number of benzene rings is 1. The SMILES string of the molecule is CSc1cccc(NN=C(C#N)C#N)c1. The molecule has 0 radical (unpaired) electrons. The first-order valence-corrected chi connectivity index (χ1v) is 5.30. The minimum absolute atomic E-state index is 0.190. The molecule has 1 N–H and O–H groups in total. The first-order valence-electron chi connectivity index (χ1n) is 4.08. The second kappa shape index (κ2) is 5.69. The fraction of sp³-hybridized carbons (Fsp3) is 0.100. The van der Waals surface area contributed by atoms with Crippen LogP contribution in [0.4, 0.5) is 5.69 Å². The van der Waals surface area contributed by atoms with Gasteiger partial charge in [-0.05, 0) is 24.5 Å². The lowest BCUT2D eigenvalue weighted by molar-refractivity contribution is 1.31. The number of nitrogens with one attached hydrogen (secondary N) is 1. The van der Waals surface area contributed by atoms with Crippen LogP contribution >= 0.6 is 11.8 Å². The summed E-state index contributed by atoms with van der Waals surface area (Å²) in [6.07, 6.45) is 1.97. The summed E-state index contributed by atoms with van der Waals surface area (Å²) >= 11 is 1.61. The van der Waals surface area contributed by atoms with E-state index in [0.29, 0.717) is 0 Å². The summed E-state index contributed by atoms with van der Waals surface area (Å²) in [4.78, 5) is 1.09. The van der Waals surface area contributed by atoms with Crippen LogP contribution in [-0.4, -0.2) is 12.0 Å². The van der Waals surface area contributed by atoms with Gasteiger partial charge in [0.15, 0.2) is 0 Å². The van der Waals surface area contributed by atoms with Gasteiger partial charge < -0.3 is 0 Å². The molecule has 0 saturated heterocycles. The summed E-state index contributed by atoms with van der Waals surface area (Å²) in [6.45, 7) is 0. The van der Waals surface area contributed by atoms with Crippen LogP contribution in [-0.2, 0) is 0 Å². The largest absolute Gasteiger partial charge is 0.276 e. The highest BCUT2D eigenvalue weighted by Crippen LogP contribution is 2.18. The van der Waals surface area contributed by atoms with Crippen LogP contribution in [0.3, 0.4) is 0 Å². The third-order valence-corrected chi connectivity index (χ3v) is 2.30. The van der Waals surface area contributed by atoms with E-state index in [1.54, 1.807) is 23.9 Å². The molecular weight excluding hydrogens is 208 g/mol. The highest BCUT2D eigenvalue weighted by Gasteiger charge is 1.95. The van der Waals surface area contributed by atoms with E-state index in [2.05, 4.69) is 10.5 Å². The Balaban J connectivity index is 2.79. The molecule has 1 aromatic carbocycles. The van der Waals surface area contributed by atoms with Crippen molar-refractivity contribution >= 4 is 23.2 Å². The van der Waals surface area contributed by atoms with Crippen LogP contribution in [0.25, 0.3) is 0 Å². The van der Waals surface area contributed by atoms with Gasteiger partial charge >= 0.3 is 0 Å². The normalized spacial score (nSPS) is 8.47. The van der Waals surface area contributed by atoms with E-state index in [0.717, 1.165) is 10.6 Å². The lowest BCUT2D eigenvalue weighted by Gasteiger charge is -2.01. The van der Waals surface area contributed by atoms with Gasteiger partial charge in [-0.15, -0.1) is 11.8 Å². The van der Waals surface area contributed by atoms with Crippen molar-refractivity contribution < 1.29 is 0 Å². The molecule has 1 rings (SSSR count). The van der Waals surface area contributed by atoms with E-state index >= 15 is 0 Å². The number of rotatable bonds is 3. The van der Waals surface area contributed by atoms with Crippen molar-refractivity contribution in [2.45, 2.75) is 4.90 Å². The van der Waals surface area contributed by atoms with Gasteiger partial charge in [0, 0.05) is 4.90 Å². The molecule has 0 spiro atoms. The predicted molar refractivity (Wildman–Crippen MR) is 60.5 cm³/mol. The first-order chi connectivity index (χ1) is 7.30. The van der Waals surface area contributed by atoms with Crippen molar-refractivity contribution in [2.24, 2.45) is 5.10 Å². The molecule has 0 aliphatic carbocycles. The number of hydrogen-bond donors (Lipinski definition) is 1. The minimum atomic E-state index is -0.190. The third kappa shape index (κ3) is 3.34. The van der Waals surface area contributed by atoms with Crippen molar-refractivity contribution in [2.75, 3.05) is 11.7 Å². The number of nitriles is 2. The van der Waals surface area contributed by atoms with E-state index in [9.17, 15) is 0 Å². The summed E-state index contributed by atoms with van der Waals surface area (Å²) < 4.78 is 0. The molecule has 1 aromatic rings. The minimum Gasteiger partial charge on any atom is -0.276 e. The van der Waals surface area contributed by atoms with Crippen LogP contribution in [0.5, 0.6) is 0 Å². The summed E-state index contributed by atoms with van der Waals surface area (Å²) in [5, 5.41) is 20.6. The molecular formula is C10H8N4S. The van der Waals surface area contributed by atoms with Gasteiger partial charge in [-0.2, -0.15) is 15.6 Å². The summed E-state index contributed by atoms with van der Waals surface area (Å²) in [5.41, 5.74) is 3.22. The highest BCUT2D eigenvalue weighted by molar-refractivity contribution is 7.98. The fourth-order valence-electron chi connectivity index (χ4n) is 0.888. The van der Waals surface area contributed by atoms with E-state index in [4.69, 9.17) is 10.5 Å². The van der Waals surface area contributed by atoms with Crippen LogP contribution in [0.2, 0.25) is 0 Å². The van der Waals surface area contributed by atoms with E-state index in [1.807, 2.05) is 30.5 Å². The fourth-order valence-corrected chi connectivity index (χ4v) is 1.35. The Bertz CT molecular complexity index is 437. The van der Waals surface area contributed by atoms with Crippen molar-refractivity contribution in [1.29, 1.82) is 10.5 Å². The maximum Gasteiger partial charge on any atom is 0.237 e. The molecule has 0 unspecified atom stereocenters. The van der Waals surface area contributed by atoms with E-state index < -0.39 is 0 Å². The van der Waals surface area contributed by atoms with Gasteiger partial charge in [-0.1, -0.05) is 6.07 Å². The van der Waals surface area contributed by atoms with Crippen LogP contribution in [0.1, 0.15) is 0 Å². The Morgan fingerprint density at radius 3 is 2.73 bits per heavy atom. The van der Waals surface area contributed by atoms with Gasteiger partial charge in [0.05, 0.1) is 5.69 Å². The Morgan fingerprint density at radius 2 is 2.13 bits per heavy atom. The molecule has 0 aliphatic heterocycles. The van der Waals surface area contributed by atoms with Crippen molar-refractivity contribution in [3.63, 3.8) is 0 Å². The number of anilines is 1. The Labute approximate surface area is 92.2 Å². The summed E-state index contributed by atoms with van der Waals surface area (Å²) in [7, 11) is 0. The lowest BCUT2D eigenvalue weighted by Crippen LogP contribution is -1.96. The van der Waals surface area contributed by atoms with Crippen molar-refractivity contribution in [1.82, 2.24) is 0 Å². The van der Waals surface area contributed by atoms with Gasteiger partial charge in [0.25, 0.3) is 0 Å². The van der Waals surface area contributed by atoms with Gasteiger partial charge in [0.2, 0.25) is 5.71 Å². The van der Waals surface area contributed by atoms with Crippen LogP contribution in [0.15, 0.2) is 34.3 Å². The Morgan fingerprint density at radius 1 is 1.40 bits per heavy atom. The second-order valence-corrected chi connectivity index (χ2v) is 3.41. The quantitative estimate of drug-likeness (QED) is 0.477. The zero-order chi connectivity index (χ0) is 11.1. The first kappa shape index (κ1) is 11.1. The van der Waals surface area contributed by atoms with Gasteiger partial charge in [0.1, 0.15) is 12.1 Å². The molecule has 0 atom stereocenters. The maximum absolute atomic E-state index is 8.46. The van der Waals surface area contributed by atoms with Crippen LogP contribution in [0, 0.1) is 22.7 Å². The Kier molecular flexibility index (Phi) is 4.21. The molecule has 0 fully saturated rings. The van der Waals surface area contributed by atoms with Crippen LogP contribution < -0.4 is 5.43 Å². The maximum atomic E-state index is 8.46. The summed E-state index contributed by atoms with van der Waals surface area (Å²) in [6, 6.07) is 10.9. The van der Waals surface area contributed by atoms with Crippen molar-refractivity contribution in [3.8, 4) is 12.1 Å². The van der Waals surface area contributed by atoms with E-state index in [1.165, 1.54) is 0 Å². The standard InChI is InChI=1S/C10H8N4S/c1-15-10-4-2-3-8(5-10)13-14-9(6-11)7-12/h2-5,13H,1H3. The molecule has 5 heteroatoms. The number of nitrogens with zero attached hydrogens (tertiary/aromatic N) is 3. The molecule has 15 heavy (non-hydrogen) atoms. The monoisotopic (exact) mass is 216 g/mol. The predicted octanol–water partition coefficient (Wildman–Crippen LogP) is 2.22. The number of hydrazone groups is 1. The highest BCUT2D eigenvalue weighted by atomic mass is 32.2. The molecule has 0 amide bonds. The lowest BCUT2D eigenvalue weighted by atomic mass is 10.3. The smallest absolute Gasteiger partial charge is 0.237 e. The van der Waals surface area contributed by atoms with Crippen molar-refractivity contribution in [3.05, 3.63) is 24.3 Å². The average Bonchev–Trinajstić information content (AvgIpc) is 2.31. The average molecular weight is 216 g/mol. The molecule has 0 bridgehead atoms. The molecule has 0 aromatic heterocycles. The van der Waals surface area contributed by atoms with E-state index in [-0.39, 0.29) is 5.71 Å². The molecule has 0 heterocycles. The molecule has 74 valence electrons. The summed E-state index contributed by atoms with van der Waals surface area (Å²) in [5.74, 6) is 0. The number of thioether (sulfide) groups is 1. The van der Waals surface area contributed by atoms with Gasteiger partial charge in [-0.3, -0.25) is 5.43 Å².